The van der Waals surface area contributed by atoms with Gasteiger partial charge in [0, 0.05) is 71.2 Å². The number of nitrogens with one attached hydrogen (secondary N) is 1. The van der Waals surface area contributed by atoms with Crippen LogP contribution in [0.3, 0.4) is 0 Å². The molecule has 0 spiro atoms. The first-order valence-electron chi connectivity index (χ1n) is 43.0. The number of rotatable bonds is 13. The topological polar surface area (TPSA) is 25.1 Å². The number of hydrogen-bond acceptors (Lipinski definition) is 2. The zero-order valence-electron chi connectivity index (χ0n) is 69.3. The summed E-state index contributed by atoms with van der Waals surface area (Å²) in [4.78, 5) is 2.42. The molecular formula is C121H89BrN4. The number of fused-ring (bicyclic) bond motifs is 16. The largest absolute Gasteiger partial charge is 0.356 e. The lowest BCUT2D eigenvalue weighted by Gasteiger charge is -2.33. The Morgan fingerprint density at radius 2 is 0.635 bits per heavy atom. The van der Waals surface area contributed by atoms with Gasteiger partial charge in [0.2, 0.25) is 0 Å². The molecule has 2 heterocycles. The van der Waals surface area contributed by atoms with E-state index >= 15 is 0 Å². The maximum absolute atomic E-state index is 3.65. The summed E-state index contributed by atoms with van der Waals surface area (Å²) in [7, 11) is 0. The van der Waals surface area contributed by atoms with Gasteiger partial charge >= 0.3 is 0 Å². The van der Waals surface area contributed by atoms with Crippen LogP contribution >= 0.6 is 15.9 Å². The molecule has 1 N–H and O–H groups in total. The van der Waals surface area contributed by atoms with Crippen LogP contribution in [0.1, 0.15) is 54.7 Å². The molecule has 20 aromatic carbocycles. The fourth-order valence-electron chi connectivity index (χ4n) is 19.9. The molecule has 0 bridgehead atoms. The first-order chi connectivity index (χ1) is 61.7. The monoisotopic (exact) mass is 1680 g/mol. The number of hydrogen-bond donors (Lipinski definition) is 1. The smallest absolute Gasteiger partial charge is 0.0713 e. The molecule has 0 fully saturated rings. The van der Waals surface area contributed by atoms with Gasteiger partial charge in [0.05, 0.1) is 27.5 Å². The van der Waals surface area contributed by atoms with E-state index in [4.69, 9.17) is 0 Å². The SMILES string of the molecule is Brc1cccc(-c2ccc3c(c2)c2c4ccccc4ccc2n3-c2ccccc2)c1.C.CC1(C)c2ccccc2-c2ccc(N(c3ccc(-c4ccccc4)cc3)c3cccc(-c4ccc5c(c4)c4c6ccccc6ccc4n5-c4ccccc4)c3)cc21.c1ccc(-c2ccc(Nc3ccc4c(c3)-c3ccccc3C4(c3ccccc3)c3ccccc3)cc2)cc1. The summed E-state index contributed by atoms with van der Waals surface area (Å²) in [6.45, 7) is 4.71. The number of halogens is 1. The number of nitrogens with zero attached hydrogens (tertiary/aromatic N) is 3. The van der Waals surface area contributed by atoms with E-state index in [1.165, 1.54) is 171 Å². The summed E-state index contributed by atoms with van der Waals surface area (Å²) in [6.07, 6.45) is 0. The zero-order chi connectivity index (χ0) is 83.5. The first kappa shape index (κ1) is 77.9. The van der Waals surface area contributed by atoms with Gasteiger partial charge in [-0.3, -0.25) is 0 Å². The van der Waals surface area contributed by atoms with E-state index in [1.807, 2.05) is 0 Å². The number of para-hydroxylation sites is 2. The van der Waals surface area contributed by atoms with Gasteiger partial charge in [-0.25, -0.2) is 0 Å². The van der Waals surface area contributed by atoms with Gasteiger partial charge in [-0.05, 0) is 255 Å². The highest BCUT2D eigenvalue weighted by molar-refractivity contribution is 9.10. The average molecular weight is 1680 g/mol. The van der Waals surface area contributed by atoms with E-state index in [1.54, 1.807) is 0 Å². The van der Waals surface area contributed by atoms with Crippen LogP contribution in [0.4, 0.5) is 28.4 Å². The molecule has 0 saturated heterocycles. The number of benzene rings is 20. The van der Waals surface area contributed by atoms with E-state index in [-0.39, 0.29) is 18.3 Å². The van der Waals surface area contributed by atoms with Gasteiger partial charge < -0.3 is 19.4 Å². The van der Waals surface area contributed by atoms with Gasteiger partial charge in [0.25, 0.3) is 0 Å². The summed E-state index contributed by atoms with van der Waals surface area (Å²) in [5.41, 5.74) is 35.2. The van der Waals surface area contributed by atoms with E-state index < -0.39 is 0 Å². The summed E-state index contributed by atoms with van der Waals surface area (Å²) in [5, 5.41) is 13.9. The molecular weight excluding hydrogens is 1590 g/mol. The van der Waals surface area contributed by atoms with Gasteiger partial charge in [-0.2, -0.15) is 0 Å². The Morgan fingerprint density at radius 1 is 0.246 bits per heavy atom. The number of aromatic nitrogens is 2. The zero-order valence-corrected chi connectivity index (χ0v) is 70.8. The molecule has 2 aromatic heterocycles. The van der Waals surface area contributed by atoms with Crippen LogP contribution in [0.15, 0.2) is 478 Å². The van der Waals surface area contributed by atoms with Crippen LogP contribution in [-0.4, -0.2) is 9.13 Å². The third-order valence-electron chi connectivity index (χ3n) is 25.7. The minimum absolute atomic E-state index is 0. The van der Waals surface area contributed by atoms with Crippen molar-refractivity contribution in [1.29, 1.82) is 0 Å². The Hall–Kier alpha value is -15.4. The standard InChI is InChI=1S/C55H40N2.C37H27N.C28H18BrN.CH4/c1-55(2)50-23-12-11-22-47(50)48-31-30-45(36-51(48)55)56(43-28-24-38(25-29-43)37-14-5-3-6-15-37)44-20-13-17-40(34-44)41-27-32-52-49(35-41)54-46-21-10-9-16-39(46)26-33-53(54)57(52)42-18-7-4-8-19-42;1-4-12-27(13-5-1)28-20-22-31(23-21-28)38-32-24-25-36-34(26-32)33-18-10-11-19-35(33)37(36,29-14-6-2-7-15-29)30-16-8-3-9-17-30;29-22-9-6-8-20(17-22)21-14-15-26-25(18-21)28-24-12-5-4-7-19(24)13-16-27(28)30(26)23-10-2-1-3-11-23;/h3-36H,1-2H3;1-26,38H;1-18H;1H4. The lowest BCUT2D eigenvalue weighted by atomic mass is 9.68. The van der Waals surface area contributed by atoms with E-state index in [9.17, 15) is 0 Å². The highest BCUT2D eigenvalue weighted by Gasteiger charge is 2.46. The van der Waals surface area contributed by atoms with Gasteiger partial charge in [0.1, 0.15) is 0 Å². The second-order valence-corrected chi connectivity index (χ2v) is 34.1. The Morgan fingerprint density at radius 3 is 1.18 bits per heavy atom. The van der Waals surface area contributed by atoms with E-state index in [2.05, 4.69) is 522 Å². The lowest BCUT2D eigenvalue weighted by molar-refractivity contribution is 0.660. The van der Waals surface area contributed by atoms with Crippen LogP contribution in [0.5, 0.6) is 0 Å². The lowest BCUT2D eigenvalue weighted by Crippen LogP contribution is -2.28. The van der Waals surface area contributed by atoms with E-state index in [0.29, 0.717) is 0 Å². The minimum atomic E-state index is -0.357. The highest BCUT2D eigenvalue weighted by Crippen LogP contribution is 2.58. The molecule has 2 aliphatic carbocycles. The van der Waals surface area contributed by atoms with Gasteiger partial charge in [-0.1, -0.05) is 377 Å². The van der Waals surface area contributed by atoms with Crippen molar-refractivity contribution in [3.05, 3.63) is 511 Å². The van der Waals surface area contributed by atoms with Crippen molar-refractivity contribution >= 4 is 110 Å². The summed E-state index contributed by atoms with van der Waals surface area (Å²) >= 11 is 3.61. The normalized spacial score (nSPS) is 12.5. The Kier molecular flexibility index (Phi) is 20.3. The molecule has 5 heteroatoms. The summed E-state index contributed by atoms with van der Waals surface area (Å²) in [5.74, 6) is 0. The molecule has 0 saturated carbocycles. The molecule has 22 aromatic rings. The quantitative estimate of drug-likeness (QED) is 0.124. The predicted molar refractivity (Wildman–Crippen MR) is 538 cm³/mol. The van der Waals surface area contributed by atoms with Crippen molar-refractivity contribution < 1.29 is 0 Å². The van der Waals surface area contributed by atoms with Crippen LogP contribution in [0, 0.1) is 0 Å². The van der Waals surface area contributed by atoms with Crippen molar-refractivity contribution in [3.8, 4) is 78.1 Å². The summed E-state index contributed by atoms with van der Waals surface area (Å²) in [6, 6.07) is 171. The average Bonchev–Trinajstić information content (AvgIpc) is 1.55. The van der Waals surface area contributed by atoms with Crippen molar-refractivity contribution in [2.24, 2.45) is 0 Å². The van der Waals surface area contributed by atoms with Crippen LogP contribution < -0.4 is 10.2 Å². The maximum atomic E-state index is 3.65. The molecule has 126 heavy (non-hydrogen) atoms. The number of anilines is 5. The second-order valence-electron chi connectivity index (χ2n) is 33.2. The highest BCUT2D eigenvalue weighted by atomic mass is 79.9. The molecule has 0 atom stereocenters. The summed E-state index contributed by atoms with van der Waals surface area (Å²) < 4.78 is 5.88. The minimum Gasteiger partial charge on any atom is -0.356 e. The molecule has 24 rings (SSSR count). The third-order valence-corrected chi connectivity index (χ3v) is 26.2. The molecule has 0 amide bonds. The van der Waals surface area contributed by atoms with Gasteiger partial charge in [0.15, 0.2) is 0 Å². The fraction of sp³-hybridized carbons (Fsp3) is 0.0413. The van der Waals surface area contributed by atoms with Crippen molar-refractivity contribution in [2.45, 2.75) is 32.1 Å². The Bertz CT molecular complexity index is 7770. The van der Waals surface area contributed by atoms with Crippen LogP contribution in [0.25, 0.3) is 143 Å². The molecule has 0 unspecified atom stereocenters. The maximum Gasteiger partial charge on any atom is 0.0713 e. The first-order valence-corrected chi connectivity index (χ1v) is 43.8. The fourth-order valence-corrected chi connectivity index (χ4v) is 20.3. The molecule has 2 aliphatic rings. The van der Waals surface area contributed by atoms with Crippen molar-refractivity contribution in [1.82, 2.24) is 9.13 Å². The Labute approximate surface area is 744 Å². The van der Waals surface area contributed by atoms with Gasteiger partial charge in [-0.15, -0.1) is 0 Å². The van der Waals surface area contributed by atoms with Crippen LogP contribution in [-0.2, 0) is 10.8 Å². The molecule has 4 nitrogen and oxygen atoms in total. The molecule has 600 valence electrons. The predicted octanol–water partition coefficient (Wildman–Crippen LogP) is 33.5. The molecule has 0 aliphatic heterocycles. The molecule has 0 radical (unpaired) electrons. The Balaban J connectivity index is 0.000000122. The van der Waals surface area contributed by atoms with Crippen molar-refractivity contribution in [3.63, 3.8) is 0 Å². The second kappa shape index (κ2) is 32.8. The van der Waals surface area contributed by atoms with Crippen molar-refractivity contribution in [2.75, 3.05) is 10.2 Å². The third kappa shape index (κ3) is 13.7. The van der Waals surface area contributed by atoms with Crippen LogP contribution in [0.2, 0.25) is 0 Å². The van der Waals surface area contributed by atoms with E-state index in [0.717, 1.165) is 38.6 Å².